The largest absolute Gasteiger partial charge is 0.389 e. The van der Waals surface area contributed by atoms with Gasteiger partial charge in [0, 0.05) is 0 Å². The molecule has 0 bridgehead atoms. The second-order valence-electron chi connectivity index (χ2n) is 2.19. The topological polar surface area (TPSA) is 20.2 Å². The third-order valence-corrected chi connectivity index (χ3v) is 1.18. The lowest BCUT2D eigenvalue weighted by molar-refractivity contribution is 0.211. The van der Waals surface area contributed by atoms with Crippen LogP contribution in [0.3, 0.4) is 0 Å². The molecule has 11 heavy (non-hydrogen) atoms. The molecule has 0 heterocycles. The van der Waals surface area contributed by atoms with Crippen LogP contribution in [0.15, 0.2) is 12.2 Å². The third kappa shape index (κ3) is 12.8. The maximum atomic E-state index is 9.09. The lowest BCUT2D eigenvalue weighted by Crippen LogP contribution is -1.99. The number of aliphatic hydroxyl groups excluding tert-OH is 1. The summed E-state index contributed by atoms with van der Waals surface area (Å²) in [7, 11) is 0. The lowest BCUT2D eigenvalue weighted by Gasteiger charge is -1.99. The number of rotatable bonds is 4. The molecule has 0 radical (unpaired) electrons. The maximum Gasteiger partial charge on any atom is 0.0720 e. The van der Waals surface area contributed by atoms with Crippen molar-refractivity contribution in [2.75, 3.05) is 0 Å². The van der Waals surface area contributed by atoms with Gasteiger partial charge in [-0.05, 0) is 12.8 Å². The highest BCUT2D eigenvalue weighted by atomic mass is 16.3. The molecule has 0 saturated carbocycles. The Morgan fingerprint density at radius 3 is 2.18 bits per heavy atom. The predicted octanol–water partition coefficient (Wildman–Crippen LogP) is 3.14. The number of aliphatic hydroxyl groups is 1. The Balaban J connectivity index is 0. The molecule has 1 nitrogen and oxygen atoms in total. The Bertz CT molecular complexity index is 76.9. The molecule has 0 aliphatic rings. The van der Waals surface area contributed by atoms with Crippen molar-refractivity contribution in [1.82, 2.24) is 0 Å². The van der Waals surface area contributed by atoms with E-state index in [1.165, 1.54) is 0 Å². The summed E-state index contributed by atoms with van der Waals surface area (Å²) in [6, 6.07) is 0. The van der Waals surface area contributed by atoms with Crippen molar-refractivity contribution in [3.8, 4) is 0 Å². The molecule has 1 unspecified atom stereocenters. The van der Waals surface area contributed by atoms with Crippen LogP contribution in [0.2, 0.25) is 0 Å². The van der Waals surface area contributed by atoms with Gasteiger partial charge in [0.2, 0.25) is 0 Å². The molecular formula is C10H22O. The van der Waals surface area contributed by atoms with E-state index in [2.05, 4.69) is 13.8 Å². The van der Waals surface area contributed by atoms with Gasteiger partial charge in [-0.3, -0.25) is 0 Å². The molecule has 0 fully saturated rings. The van der Waals surface area contributed by atoms with Gasteiger partial charge in [0.1, 0.15) is 0 Å². The van der Waals surface area contributed by atoms with Gasteiger partial charge in [-0.15, -0.1) is 0 Å². The summed E-state index contributed by atoms with van der Waals surface area (Å²) in [6.45, 7) is 8.14. The summed E-state index contributed by atoms with van der Waals surface area (Å²) in [4.78, 5) is 0. The van der Waals surface area contributed by atoms with Crippen LogP contribution in [0.5, 0.6) is 0 Å². The average Bonchev–Trinajstić information content (AvgIpc) is 2.05. The minimum atomic E-state index is -0.213. The van der Waals surface area contributed by atoms with Crippen molar-refractivity contribution < 1.29 is 5.11 Å². The van der Waals surface area contributed by atoms with Gasteiger partial charge >= 0.3 is 0 Å². The van der Waals surface area contributed by atoms with Gasteiger partial charge in [0.25, 0.3) is 0 Å². The summed E-state index contributed by atoms with van der Waals surface area (Å²) < 4.78 is 0. The lowest BCUT2D eigenvalue weighted by atomic mass is 10.2. The normalized spacial score (nSPS) is 12.5. The van der Waals surface area contributed by atoms with E-state index >= 15 is 0 Å². The minimum Gasteiger partial charge on any atom is -0.389 e. The van der Waals surface area contributed by atoms with Gasteiger partial charge in [-0.2, -0.15) is 0 Å². The second-order valence-corrected chi connectivity index (χ2v) is 2.19. The zero-order valence-corrected chi connectivity index (χ0v) is 8.30. The fourth-order valence-corrected chi connectivity index (χ4v) is 0.685. The number of hydrogen-bond donors (Lipinski definition) is 1. The van der Waals surface area contributed by atoms with E-state index in [1.807, 2.05) is 26.0 Å². The van der Waals surface area contributed by atoms with E-state index in [1.54, 1.807) is 0 Å². The van der Waals surface area contributed by atoms with Crippen LogP contribution < -0.4 is 0 Å². The summed E-state index contributed by atoms with van der Waals surface area (Å²) in [5.74, 6) is 0. The van der Waals surface area contributed by atoms with Crippen LogP contribution >= 0.6 is 0 Å². The standard InChI is InChI=1S/C8H16O.C2H6/c1-3-5-7-8(9)6-4-2;1-2/h5,7-9H,3-4,6H2,1-2H3;1-2H3/b7-5-;. The first-order chi connectivity index (χ1) is 5.31. The average molecular weight is 158 g/mol. The Labute approximate surface area is 71.1 Å². The van der Waals surface area contributed by atoms with Crippen molar-refractivity contribution in [3.63, 3.8) is 0 Å². The van der Waals surface area contributed by atoms with E-state index in [9.17, 15) is 0 Å². The van der Waals surface area contributed by atoms with Crippen LogP contribution in [0.1, 0.15) is 47.0 Å². The molecule has 1 atom stereocenters. The molecule has 1 N–H and O–H groups in total. The van der Waals surface area contributed by atoms with E-state index in [0.717, 1.165) is 19.3 Å². The fraction of sp³-hybridized carbons (Fsp3) is 0.800. The van der Waals surface area contributed by atoms with Gasteiger partial charge in [-0.1, -0.05) is 46.3 Å². The molecule has 0 aromatic carbocycles. The van der Waals surface area contributed by atoms with Crippen LogP contribution in [-0.2, 0) is 0 Å². The quantitative estimate of drug-likeness (QED) is 0.623. The summed E-state index contributed by atoms with van der Waals surface area (Å²) in [5.41, 5.74) is 0. The van der Waals surface area contributed by atoms with E-state index < -0.39 is 0 Å². The van der Waals surface area contributed by atoms with Crippen LogP contribution in [0.4, 0.5) is 0 Å². The summed E-state index contributed by atoms with van der Waals surface area (Å²) >= 11 is 0. The zero-order chi connectivity index (χ0) is 9.11. The Morgan fingerprint density at radius 1 is 1.27 bits per heavy atom. The highest BCUT2D eigenvalue weighted by molar-refractivity contribution is 4.86. The molecule has 0 rings (SSSR count). The molecule has 0 aromatic rings. The zero-order valence-electron chi connectivity index (χ0n) is 8.30. The molecule has 0 saturated heterocycles. The first-order valence-electron chi connectivity index (χ1n) is 4.66. The van der Waals surface area contributed by atoms with Crippen molar-refractivity contribution in [2.24, 2.45) is 0 Å². The smallest absolute Gasteiger partial charge is 0.0720 e. The minimum absolute atomic E-state index is 0.213. The van der Waals surface area contributed by atoms with E-state index in [0.29, 0.717) is 0 Å². The van der Waals surface area contributed by atoms with E-state index in [-0.39, 0.29) is 6.10 Å². The van der Waals surface area contributed by atoms with Crippen LogP contribution in [0, 0.1) is 0 Å². The Morgan fingerprint density at radius 2 is 1.82 bits per heavy atom. The molecule has 0 amide bonds. The van der Waals surface area contributed by atoms with Crippen LogP contribution in [0.25, 0.3) is 0 Å². The molecule has 0 aliphatic carbocycles. The molecule has 0 spiro atoms. The molecule has 68 valence electrons. The molecule has 1 heteroatoms. The van der Waals surface area contributed by atoms with Crippen molar-refractivity contribution in [3.05, 3.63) is 12.2 Å². The fourth-order valence-electron chi connectivity index (χ4n) is 0.685. The van der Waals surface area contributed by atoms with Gasteiger partial charge < -0.3 is 5.11 Å². The highest BCUT2D eigenvalue weighted by Gasteiger charge is 1.92. The monoisotopic (exact) mass is 158 g/mol. The Kier molecular flexibility index (Phi) is 15.0. The Hall–Kier alpha value is -0.300. The highest BCUT2D eigenvalue weighted by Crippen LogP contribution is 1.97. The predicted molar refractivity (Wildman–Crippen MR) is 51.7 cm³/mol. The second kappa shape index (κ2) is 12.4. The first-order valence-corrected chi connectivity index (χ1v) is 4.66. The first kappa shape index (κ1) is 13.3. The summed E-state index contributed by atoms with van der Waals surface area (Å²) in [5, 5.41) is 9.09. The van der Waals surface area contributed by atoms with Crippen LogP contribution in [-0.4, -0.2) is 11.2 Å². The third-order valence-electron chi connectivity index (χ3n) is 1.18. The van der Waals surface area contributed by atoms with Gasteiger partial charge in [0.05, 0.1) is 6.10 Å². The van der Waals surface area contributed by atoms with E-state index in [4.69, 9.17) is 5.11 Å². The molecule has 0 aliphatic heterocycles. The molecular weight excluding hydrogens is 136 g/mol. The van der Waals surface area contributed by atoms with Gasteiger partial charge in [0.15, 0.2) is 0 Å². The van der Waals surface area contributed by atoms with Crippen molar-refractivity contribution in [1.29, 1.82) is 0 Å². The number of allylic oxidation sites excluding steroid dienone is 1. The van der Waals surface area contributed by atoms with Crippen molar-refractivity contribution >= 4 is 0 Å². The summed E-state index contributed by atoms with van der Waals surface area (Å²) in [6.07, 6.45) is 6.60. The maximum absolute atomic E-state index is 9.09. The number of hydrogen-bond acceptors (Lipinski definition) is 1. The van der Waals surface area contributed by atoms with Gasteiger partial charge in [-0.25, -0.2) is 0 Å². The van der Waals surface area contributed by atoms with Crippen molar-refractivity contribution in [2.45, 2.75) is 53.1 Å². The molecule has 0 aromatic heterocycles. The SMILES string of the molecule is CC.CC/C=C\C(O)CCC.